The number of aryl methyl sites for hydroxylation is 1. The van der Waals surface area contributed by atoms with Crippen molar-refractivity contribution in [2.75, 3.05) is 0 Å². The van der Waals surface area contributed by atoms with Crippen LogP contribution in [0.5, 0.6) is 0 Å². The molecule has 0 saturated carbocycles. The van der Waals surface area contributed by atoms with Crippen molar-refractivity contribution in [3.63, 3.8) is 0 Å². The van der Waals surface area contributed by atoms with E-state index < -0.39 is 17.7 Å². The van der Waals surface area contributed by atoms with E-state index in [1.165, 1.54) is 11.3 Å². The van der Waals surface area contributed by atoms with Crippen LogP contribution in [0.15, 0.2) is 76.1 Å². The zero-order valence-corrected chi connectivity index (χ0v) is 18.0. The first-order valence-electron chi connectivity index (χ1n) is 9.09. The largest absolute Gasteiger partial charge is 0.507 e. The number of thiophene rings is 1. The second kappa shape index (κ2) is 7.97. The number of aliphatic hydroxyl groups excluding tert-OH is 1. The molecule has 1 fully saturated rings. The topological polar surface area (TPSA) is 57.6 Å². The fourth-order valence-corrected chi connectivity index (χ4v) is 4.56. The molecule has 4 rings (SSSR count). The van der Waals surface area contributed by atoms with Gasteiger partial charge >= 0.3 is 0 Å². The maximum Gasteiger partial charge on any atom is 0.295 e. The molecule has 1 unspecified atom stereocenters. The van der Waals surface area contributed by atoms with Gasteiger partial charge in [-0.3, -0.25) is 9.59 Å². The molecule has 1 N–H and O–H groups in total. The number of aliphatic hydroxyl groups is 1. The van der Waals surface area contributed by atoms with Crippen molar-refractivity contribution in [3.05, 3.63) is 97.7 Å². The normalized spacial score (nSPS) is 18.4. The molecule has 4 nitrogen and oxygen atoms in total. The van der Waals surface area contributed by atoms with E-state index >= 15 is 0 Å². The Morgan fingerprint density at radius 3 is 2.45 bits per heavy atom. The molecule has 1 saturated heterocycles. The van der Waals surface area contributed by atoms with Gasteiger partial charge in [-0.15, -0.1) is 11.3 Å². The lowest BCUT2D eigenvalue weighted by molar-refractivity contribution is -0.140. The molecule has 1 aliphatic rings. The summed E-state index contributed by atoms with van der Waals surface area (Å²) in [5.74, 6) is -1.40. The van der Waals surface area contributed by atoms with Gasteiger partial charge in [-0.25, -0.2) is 0 Å². The first-order chi connectivity index (χ1) is 14.0. The molecule has 0 spiro atoms. The van der Waals surface area contributed by atoms with Gasteiger partial charge in [0, 0.05) is 14.9 Å². The Balaban J connectivity index is 1.89. The molecule has 1 aliphatic heterocycles. The minimum Gasteiger partial charge on any atom is -0.507 e. The van der Waals surface area contributed by atoms with Crippen molar-refractivity contribution in [3.8, 4) is 0 Å². The highest BCUT2D eigenvalue weighted by Gasteiger charge is 2.46. The summed E-state index contributed by atoms with van der Waals surface area (Å²) >= 11 is 4.91. The highest BCUT2D eigenvalue weighted by molar-refractivity contribution is 9.10. The predicted octanol–water partition coefficient (Wildman–Crippen LogP) is 5.44. The van der Waals surface area contributed by atoms with Gasteiger partial charge in [0.25, 0.3) is 11.7 Å². The molecular weight excluding hydrogens is 450 g/mol. The van der Waals surface area contributed by atoms with Crippen LogP contribution in [-0.2, 0) is 16.1 Å². The number of ketones is 1. The van der Waals surface area contributed by atoms with E-state index in [9.17, 15) is 14.7 Å². The van der Waals surface area contributed by atoms with Crippen LogP contribution in [0.1, 0.15) is 27.6 Å². The van der Waals surface area contributed by atoms with E-state index in [1.807, 2.05) is 48.7 Å². The summed E-state index contributed by atoms with van der Waals surface area (Å²) in [6.07, 6.45) is 0. The van der Waals surface area contributed by atoms with Crippen LogP contribution in [0.2, 0.25) is 0 Å². The van der Waals surface area contributed by atoms with Crippen molar-refractivity contribution in [1.82, 2.24) is 4.90 Å². The Labute approximate surface area is 181 Å². The molecule has 0 bridgehead atoms. The van der Waals surface area contributed by atoms with Crippen LogP contribution in [-0.4, -0.2) is 21.7 Å². The average Bonchev–Trinajstić information content (AvgIpc) is 3.31. The second-order valence-corrected chi connectivity index (χ2v) is 8.82. The molecule has 1 atom stereocenters. The summed E-state index contributed by atoms with van der Waals surface area (Å²) in [6, 6.07) is 17.9. The minimum atomic E-state index is -0.657. The lowest BCUT2D eigenvalue weighted by Crippen LogP contribution is -2.29. The number of likely N-dealkylation sites (tertiary alicyclic amines) is 1. The van der Waals surface area contributed by atoms with Gasteiger partial charge < -0.3 is 10.0 Å². The maximum absolute atomic E-state index is 13.0. The first kappa shape index (κ1) is 19.6. The highest BCUT2D eigenvalue weighted by atomic mass is 79.9. The number of hydrogen-bond acceptors (Lipinski definition) is 4. The van der Waals surface area contributed by atoms with E-state index in [1.54, 1.807) is 29.2 Å². The van der Waals surface area contributed by atoms with Crippen LogP contribution < -0.4 is 0 Å². The third-order valence-electron chi connectivity index (χ3n) is 5.05. The van der Waals surface area contributed by atoms with Crippen molar-refractivity contribution in [2.24, 2.45) is 0 Å². The van der Waals surface area contributed by atoms with E-state index in [-0.39, 0.29) is 11.3 Å². The SMILES string of the molecule is Cc1ccccc1C1/C(=C(/O)c2ccc(Br)cc2)C(=O)C(=O)N1Cc1cccs1. The number of halogens is 1. The van der Waals surface area contributed by atoms with Crippen LogP contribution in [0, 0.1) is 6.92 Å². The van der Waals surface area contributed by atoms with Gasteiger partial charge in [0.1, 0.15) is 5.76 Å². The summed E-state index contributed by atoms with van der Waals surface area (Å²) in [7, 11) is 0. The van der Waals surface area contributed by atoms with E-state index in [2.05, 4.69) is 15.9 Å². The number of amides is 1. The van der Waals surface area contributed by atoms with Crippen molar-refractivity contribution >= 4 is 44.7 Å². The van der Waals surface area contributed by atoms with Gasteiger partial charge in [-0.05, 0) is 41.6 Å². The van der Waals surface area contributed by atoms with E-state index in [0.29, 0.717) is 12.1 Å². The molecule has 0 aliphatic carbocycles. The quantitative estimate of drug-likeness (QED) is 0.315. The molecule has 2 aromatic carbocycles. The number of hydrogen-bond donors (Lipinski definition) is 1. The number of carbonyl (C=O) groups excluding carboxylic acids is 2. The zero-order chi connectivity index (χ0) is 20.5. The lowest BCUT2D eigenvalue weighted by atomic mass is 9.92. The van der Waals surface area contributed by atoms with Crippen LogP contribution in [0.4, 0.5) is 0 Å². The van der Waals surface area contributed by atoms with Crippen molar-refractivity contribution in [2.45, 2.75) is 19.5 Å². The molecule has 2 heterocycles. The van der Waals surface area contributed by atoms with Crippen LogP contribution >= 0.6 is 27.3 Å². The van der Waals surface area contributed by atoms with Crippen LogP contribution in [0.25, 0.3) is 5.76 Å². The number of benzene rings is 2. The van der Waals surface area contributed by atoms with Gasteiger partial charge in [-0.1, -0.05) is 58.4 Å². The molecule has 6 heteroatoms. The summed E-state index contributed by atoms with van der Waals surface area (Å²) in [4.78, 5) is 28.5. The third kappa shape index (κ3) is 3.66. The maximum atomic E-state index is 13.0. The Hall–Kier alpha value is -2.70. The first-order valence-corrected chi connectivity index (χ1v) is 10.8. The Morgan fingerprint density at radius 2 is 1.79 bits per heavy atom. The van der Waals surface area contributed by atoms with E-state index in [0.717, 1.165) is 20.5 Å². The van der Waals surface area contributed by atoms with Gasteiger partial charge in [-0.2, -0.15) is 0 Å². The van der Waals surface area contributed by atoms with Crippen LogP contribution in [0.3, 0.4) is 0 Å². The highest BCUT2D eigenvalue weighted by Crippen LogP contribution is 2.41. The molecule has 146 valence electrons. The number of carbonyl (C=O) groups is 2. The van der Waals surface area contributed by atoms with Crippen molar-refractivity contribution in [1.29, 1.82) is 0 Å². The average molecular weight is 468 g/mol. The minimum absolute atomic E-state index is 0.128. The fraction of sp³-hybridized carbons (Fsp3) is 0.130. The Morgan fingerprint density at radius 1 is 1.07 bits per heavy atom. The number of Topliss-reactive ketones (excluding diaryl/α,β-unsaturated/α-hetero) is 1. The van der Waals surface area contributed by atoms with Gasteiger partial charge in [0.2, 0.25) is 0 Å². The molecule has 3 aromatic rings. The lowest BCUT2D eigenvalue weighted by Gasteiger charge is -2.26. The molecule has 1 amide bonds. The summed E-state index contributed by atoms with van der Waals surface area (Å²) in [5.41, 5.74) is 2.42. The molecule has 0 radical (unpaired) electrons. The molecule has 1 aromatic heterocycles. The molecule has 29 heavy (non-hydrogen) atoms. The van der Waals surface area contributed by atoms with Gasteiger partial charge in [0.15, 0.2) is 0 Å². The summed E-state index contributed by atoms with van der Waals surface area (Å²) < 4.78 is 0.864. The standard InChI is InChI=1S/C23H18BrNO3S/c1-14-5-2-3-7-18(14)20-19(21(26)15-8-10-16(24)11-9-15)22(27)23(28)25(20)13-17-6-4-12-29-17/h2-12,20,26H,13H2,1H3/b21-19-. The zero-order valence-electron chi connectivity index (χ0n) is 15.6. The number of nitrogens with zero attached hydrogens (tertiary/aromatic N) is 1. The number of rotatable bonds is 4. The summed E-state index contributed by atoms with van der Waals surface area (Å²) in [6.45, 7) is 2.26. The fourth-order valence-electron chi connectivity index (χ4n) is 3.59. The summed E-state index contributed by atoms with van der Waals surface area (Å²) in [5, 5.41) is 13.0. The second-order valence-electron chi connectivity index (χ2n) is 6.87. The Kier molecular flexibility index (Phi) is 5.39. The van der Waals surface area contributed by atoms with Crippen molar-refractivity contribution < 1.29 is 14.7 Å². The van der Waals surface area contributed by atoms with Gasteiger partial charge in [0.05, 0.1) is 18.2 Å². The monoisotopic (exact) mass is 467 g/mol. The molecular formula is C23H18BrNO3S. The van der Waals surface area contributed by atoms with E-state index in [4.69, 9.17) is 0 Å². The predicted molar refractivity (Wildman–Crippen MR) is 117 cm³/mol. The smallest absolute Gasteiger partial charge is 0.295 e. The third-order valence-corrected chi connectivity index (χ3v) is 6.44. The Bertz CT molecular complexity index is 1100.